The van der Waals surface area contributed by atoms with Crippen LogP contribution in [-0.2, 0) is 19.7 Å². The molecule has 106 valence electrons. The number of carbonyl (C=O) groups is 1. The lowest BCUT2D eigenvalue weighted by atomic mass is 10.1. The molecule has 0 bridgehead atoms. The van der Waals surface area contributed by atoms with Gasteiger partial charge in [-0.25, -0.2) is 13.2 Å². The highest BCUT2D eigenvalue weighted by Gasteiger charge is 2.32. The van der Waals surface area contributed by atoms with Gasteiger partial charge in [0, 0.05) is 0 Å². The van der Waals surface area contributed by atoms with Crippen LogP contribution in [0.3, 0.4) is 0 Å². The molecule has 0 aromatic heterocycles. The number of nitrogens with one attached hydrogen (secondary N) is 1. The Kier molecular flexibility index (Phi) is 4.57. The summed E-state index contributed by atoms with van der Waals surface area (Å²) in [5.41, 5.74) is -1.26. The second kappa shape index (κ2) is 5.46. The molecule has 19 heavy (non-hydrogen) atoms. The van der Waals surface area contributed by atoms with Gasteiger partial charge in [-0.05, 0) is 32.4 Å². The molecule has 0 unspecified atom stereocenters. The molecule has 0 radical (unpaired) electrons. The molecule has 6 nitrogen and oxygen atoms in total. The number of hydrogen-bond donors (Lipinski definition) is 2. The first kappa shape index (κ1) is 15.9. The first-order valence-corrected chi connectivity index (χ1v) is 7.12. The molecular formula is C11H14ClNO5S. The van der Waals surface area contributed by atoms with E-state index < -0.39 is 21.6 Å². The number of benzene rings is 1. The predicted molar refractivity (Wildman–Crippen MR) is 69.3 cm³/mol. The van der Waals surface area contributed by atoms with Gasteiger partial charge in [0.1, 0.15) is 4.90 Å². The van der Waals surface area contributed by atoms with Gasteiger partial charge in [0.15, 0.2) is 5.60 Å². The summed E-state index contributed by atoms with van der Waals surface area (Å²) >= 11 is 5.84. The van der Waals surface area contributed by atoms with Gasteiger partial charge in [0.25, 0.3) is 10.0 Å². The smallest absolute Gasteiger partial charge is 0.337 e. The molecule has 0 heterocycles. The summed E-state index contributed by atoms with van der Waals surface area (Å²) in [7, 11) is -4.06. The first-order chi connectivity index (χ1) is 8.58. The maximum atomic E-state index is 12.0. The van der Waals surface area contributed by atoms with Crippen molar-refractivity contribution in [1.82, 2.24) is 4.89 Å². The molecule has 0 atom stereocenters. The summed E-state index contributed by atoms with van der Waals surface area (Å²) in [4.78, 5) is 17.2. The third-order valence-electron chi connectivity index (χ3n) is 2.35. The highest BCUT2D eigenvalue weighted by Crippen LogP contribution is 2.25. The third kappa shape index (κ3) is 3.66. The maximum absolute atomic E-state index is 12.0. The van der Waals surface area contributed by atoms with Crippen molar-refractivity contribution in [3.8, 4) is 0 Å². The number of aryl methyl sites for hydroxylation is 1. The average Bonchev–Trinajstić information content (AvgIpc) is 2.26. The molecule has 0 spiro atoms. The van der Waals surface area contributed by atoms with E-state index in [1.165, 1.54) is 19.9 Å². The number of rotatable bonds is 5. The van der Waals surface area contributed by atoms with Gasteiger partial charge in [-0.3, -0.25) is 4.84 Å². The van der Waals surface area contributed by atoms with Crippen LogP contribution in [0.2, 0.25) is 5.02 Å². The fourth-order valence-electron chi connectivity index (χ4n) is 1.20. The normalized spacial score (nSPS) is 12.4. The largest absolute Gasteiger partial charge is 0.479 e. The van der Waals surface area contributed by atoms with E-state index in [1.807, 2.05) is 0 Å². The van der Waals surface area contributed by atoms with E-state index >= 15 is 0 Å². The molecule has 0 amide bonds. The van der Waals surface area contributed by atoms with E-state index in [2.05, 4.69) is 0 Å². The van der Waals surface area contributed by atoms with Crippen LogP contribution in [0.15, 0.2) is 23.1 Å². The molecule has 2 N–H and O–H groups in total. The first-order valence-electron chi connectivity index (χ1n) is 5.26. The van der Waals surface area contributed by atoms with E-state index in [-0.39, 0.29) is 9.92 Å². The molecule has 0 fully saturated rings. The molecule has 8 heteroatoms. The van der Waals surface area contributed by atoms with Gasteiger partial charge in [-0.2, -0.15) is 0 Å². The van der Waals surface area contributed by atoms with Crippen molar-refractivity contribution in [2.45, 2.75) is 31.3 Å². The fourth-order valence-corrected chi connectivity index (χ4v) is 2.95. The van der Waals surface area contributed by atoms with Gasteiger partial charge in [-0.15, -0.1) is 0 Å². The summed E-state index contributed by atoms with van der Waals surface area (Å²) in [6.45, 7) is 4.01. The molecule has 0 saturated heterocycles. The highest BCUT2D eigenvalue weighted by atomic mass is 35.5. The number of sulfonamides is 1. The van der Waals surface area contributed by atoms with Crippen molar-refractivity contribution in [1.29, 1.82) is 0 Å². The Labute approximate surface area is 116 Å². The Balaban J connectivity index is 3.04. The van der Waals surface area contributed by atoms with E-state index in [0.717, 1.165) is 0 Å². The minimum absolute atomic E-state index is 0.0317. The van der Waals surface area contributed by atoms with Gasteiger partial charge in [-0.1, -0.05) is 28.6 Å². The Hall–Kier alpha value is -1.15. The lowest BCUT2D eigenvalue weighted by Crippen LogP contribution is -2.42. The Bertz CT molecular complexity index is 577. The van der Waals surface area contributed by atoms with Gasteiger partial charge in [0.05, 0.1) is 5.02 Å². The standard InChI is InChI=1S/C11H14ClNO5S/c1-7-5-4-6-8(12)9(7)19(16,17)13-18-11(2,3)10(14)15/h4-6,13H,1-3H3,(H,14,15). The Morgan fingerprint density at radius 1 is 1.42 bits per heavy atom. The summed E-state index contributed by atoms with van der Waals surface area (Å²) in [6.07, 6.45) is 0. The van der Waals surface area contributed by atoms with Crippen molar-refractivity contribution in [3.63, 3.8) is 0 Å². The van der Waals surface area contributed by atoms with Crippen LogP contribution >= 0.6 is 11.6 Å². The zero-order chi connectivity index (χ0) is 14.8. The summed E-state index contributed by atoms with van der Waals surface area (Å²) < 4.78 is 24.1. The minimum atomic E-state index is -4.06. The van der Waals surface area contributed by atoms with E-state index in [4.69, 9.17) is 21.5 Å². The maximum Gasteiger partial charge on any atom is 0.337 e. The SMILES string of the molecule is Cc1cccc(Cl)c1S(=O)(=O)NOC(C)(C)C(=O)O. The zero-order valence-electron chi connectivity index (χ0n) is 10.6. The average molecular weight is 308 g/mol. The lowest BCUT2D eigenvalue weighted by Gasteiger charge is -2.20. The number of carboxylic acids is 1. The van der Waals surface area contributed by atoms with E-state index in [0.29, 0.717) is 5.56 Å². The van der Waals surface area contributed by atoms with Gasteiger partial charge in [0.2, 0.25) is 0 Å². The van der Waals surface area contributed by atoms with Crippen LogP contribution in [0.25, 0.3) is 0 Å². The third-order valence-corrected chi connectivity index (χ3v) is 4.16. The van der Waals surface area contributed by atoms with Crippen molar-refractivity contribution in [3.05, 3.63) is 28.8 Å². The van der Waals surface area contributed by atoms with Crippen LogP contribution in [0.1, 0.15) is 19.4 Å². The van der Waals surface area contributed by atoms with Crippen molar-refractivity contribution < 1.29 is 23.2 Å². The molecule has 0 saturated carbocycles. The highest BCUT2D eigenvalue weighted by molar-refractivity contribution is 7.89. The molecule has 0 aliphatic rings. The second-order valence-corrected chi connectivity index (χ2v) is 6.38. The molecule has 0 aliphatic carbocycles. The predicted octanol–water partition coefficient (Wildman–Crippen LogP) is 1.72. The summed E-state index contributed by atoms with van der Waals surface area (Å²) in [6, 6.07) is 4.60. The summed E-state index contributed by atoms with van der Waals surface area (Å²) in [5.74, 6) is -1.30. The second-order valence-electron chi connectivity index (χ2n) is 4.39. The van der Waals surface area contributed by atoms with Crippen molar-refractivity contribution >= 4 is 27.6 Å². The minimum Gasteiger partial charge on any atom is -0.479 e. The van der Waals surface area contributed by atoms with Crippen LogP contribution in [0.4, 0.5) is 0 Å². The quantitative estimate of drug-likeness (QED) is 0.808. The van der Waals surface area contributed by atoms with Crippen LogP contribution in [-0.4, -0.2) is 25.1 Å². The van der Waals surface area contributed by atoms with Gasteiger partial charge < -0.3 is 5.11 Å². The van der Waals surface area contributed by atoms with Crippen LogP contribution in [0, 0.1) is 6.92 Å². The van der Waals surface area contributed by atoms with Crippen molar-refractivity contribution in [2.24, 2.45) is 0 Å². The van der Waals surface area contributed by atoms with E-state index in [1.54, 1.807) is 23.9 Å². The molecule has 1 aromatic carbocycles. The van der Waals surface area contributed by atoms with Crippen LogP contribution < -0.4 is 4.89 Å². The topological polar surface area (TPSA) is 92.7 Å². The lowest BCUT2D eigenvalue weighted by molar-refractivity contribution is -0.165. The number of hydrogen-bond acceptors (Lipinski definition) is 4. The molecule has 0 aliphatic heterocycles. The van der Waals surface area contributed by atoms with Crippen molar-refractivity contribution in [2.75, 3.05) is 0 Å². The van der Waals surface area contributed by atoms with Gasteiger partial charge >= 0.3 is 5.97 Å². The summed E-state index contributed by atoms with van der Waals surface area (Å²) in [5, 5.41) is 8.86. The molecule has 1 aromatic rings. The van der Waals surface area contributed by atoms with Crippen LogP contribution in [0.5, 0.6) is 0 Å². The van der Waals surface area contributed by atoms with E-state index in [9.17, 15) is 13.2 Å². The molecular weight excluding hydrogens is 294 g/mol. The Morgan fingerprint density at radius 2 is 2.00 bits per heavy atom. The monoisotopic (exact) mass is 307 g/mol. The fraction of sp³-hybridized carbons (Fsp3) is 0.364. The Morgan fingerprint density at radius 3 is 2.47 bits per heavy atom. The number of halogens is 1. The number of aliphatic carboxylic acids is 1. The zero-order valence-corrected chi connectivity index (χ0v) is 12.2. The molecule has 1 rings (SSSR count). The number of carboxylic acid groups (broad SMARTS) is 1.